The van der Waals surface area contributed by atoms with Gasteiger partial charge in [-0.3, -0.25) is 9.59 Å². The maximum atomic E-state index is 12.1. The fraction of sp³-hybridized carbons (Fsp3) is 0.429. The fourth-order valence-electron chi connectivity index (χ4n) is 2.14. The number of nitrogens with zero attached hydrogens (tertiary/aromatic N) is 1. The molecule has 1 heterocycles. The van der Waals surface area contributed by atoms with E-state index in [1.54, 1.807) is 12.1 Å². The van der Waals surface area contributed by atoms with Crippen LogP contribution in [0.5, 0.6) is 0 Å². The lowest BCUT2D eigenvalue weighted by atomic mass is 10.1. The molecule has 2 amide bonds. The first-order valence-electron chi connectivity index (χ1n) is 6.25. The maximum absolute atomic E-state index is 12.1. The van der Waals surface area contributed by atoms with E-state index in [-0.39, 0.29) is 23.9 Å². The third-order valence-electron chi connectivity index (χ3n) is 2.86. The summed E-state index contributed by atoms with van der Waals surface area (Å²) in [5.41, 5.74) is 7.46. The largest absolute Gasteiger partial charge is 0.399 e. The number of nitrogens with one attached hydrogen (secondary N) is 1. The maximum Gasteiger partial charge on any atom is 0.255 e. The molecular formula is C14H19N3O2. The zero-order chi connectivity index (χ0) is 14.2. The Kier molecular flexibility index (Phi) is 3.22. The van der Waals surface area contributed by atoms with Gasteiger partial charge in [-0.15, -0.1) is 0 Å². The Balaban J connectivity index is 2.06. The van der Waals surface area contributed by atoms with E-state index in [0.29, 0.717) is 17.8 Å². The van der Waals surface area contributed by atoms with Crippen LogP contribution in [0, 0.1) is 0 Å². The van der Waals surface area contributed by atoms with Crippen molar-refractivity contribution in [2.45, 2.75) is 32.9 Å². The summed E-state index contributed by atoms with van der Waals surface area (Å²) < 4.78 is 0. The first-order chi connectivity index (χ1) is 8.76. The summed E-state index contributed by atoms with van der Waals surface area (Å²) in [6.07, 6.45) is 0. The number of nitrogens with two attached hydrogens (primary N) is 1. The molecule has 102 valence electrons. The van der Waals surface area contributed by atoms with Gasteiger partial charge in [-0.05, 0) is 38.5 Å². The smallest absolute Gasteiger partial charge is 0.255 e. The second kappa shape index (κ2) is 4.57. The zero-order valence-corrected chi connectivity index (χ0v) is 11.5. The lowest BCUT2D eigenvalue weighted by molar-refractivity contribution is -0.123. The monoisotopic (exact) mass is 261 g/mol. The first-order valence-corrected chi connectivity index (χ1v) is 6.25. The number of carbonyl (C=O) groups excluding carboxylic acids is 2. The van der Waals surface area contributed by atoms with Gasteiger partial charge in [0.2, 0.25) is 5.91 Å². The minimum absolute atomic E-state index is 0.0741. The minimum Gasteiger partial charge on any atom is -0.399 e. The minimum atomic E-state index is -0.295. The normalized spacial score (nSPS) is 14.5. The van der Waals surface area contributed by atoms with E-state index < -0.39 is 0 Å². The Hall–Kier alpha value is -2.04. The predicted molar refractivity (Wildman–Crippen MR) is 73.5 cm³/mol. The Bertz CT molecular complexity index is 532. The van der Waals surface area contributed by atoms with Crippen LogP contribution >= 0.6 is 0 Å². The average Bonchev–Trinajstić information content (AvgIpc) is 2.54. The fourth-order valence-corrected chi connectivity index (χ4v) is 2.14. The Labute approximate surface area is 112 Å². The Morgan fingerprint density at radius 3 is 2.74 bits per heavy atom. The Morgan fingerprint density at radius 1 is 1.42 bits per heavy atom. The van der Waals surface area contributed by atoms with Crippen LogP contribution in [0.1, 0.15) is 36.7 Å². The molecular weight excluding hydrogens is 242 g/mol. The topological polar surface area (TPSA) is 75.4 Å². The number of carbonyl (C=O) groups is 2. The molecule has 1 aromatic carbocycles. The second-order valence-corrected chi connectivity index (χ2v) is 5.88. The highest BCUT2D eigenvalue weighted by molar-refractivity contribution is 6.01. The third-order valence-corrected chi connectivity index (χ3v) is 2.86. The molecule has 0 bridgehead atoms. The van der Waals surface area contributed by atoms with E-state index in [2.05, 4.69) is 5.32 Å². The molecule has 1 aromatic rings. The highest BCUT2D eigenvalue weighted by Gasteiger charge is 2.29. The first kappa shape index (κ1) is 13.4. The van der Waals surface area contributed by atoms with Gasteiger partial charge in [0.15, 0.2) is 0 Å². The van der Waals surface area contributed by atoms with Crippen LogP contribution in [0.15, 0.2) is 18.2 Å². The van der Waals surface area contributed by atoms with Crippen molar-refractivity contribution >= 4 is 17.5 Å². The summed E-state index contributed by atoms with van der Waals surface area (Å²) in [6.45, 7) is 6.27. The molecule has 0 radical (unpaired) electrons. The highest BCUT2D eigenvalue weighted by Crippen LogP contribution is 2.24. The van der Waals surface area contributed by atoms with Crippen molar-refractivity contribution in [3.8, 4) is 0 Å². The van der Waals surface area contributed by atoms with E-state index in [0.717, 1.165) is 5.56 Å². The molecule has 0 spiro atoms. The number of rotatable bonds is 2. The summed E-state index contributed by atoms with van der Waals surface area (Å²) in [7, 11) is 0. The van der Waals surface area contributed by atoms with Gasteiger partial charge in [0.25, 0.3) is 5.91 Å². The van der Waals surface area contributed by atoms with Crippen molar-refractivity contribution in [3.63, 3.8) is 0 Å². The molecule has 0 atom stereocenters. The number of hydrogen-bond acceptors (Lipinski definition) is 3. The molecule has 0 saturated carbocycles. The van der Waals surface area contributed by atoms with E-state index in [1.165, 1.54) is 4.90 Å². The van der Waals surface area contributed by atoms with Crippen molar-refractivity contribution in [1.29, 1.82) is 0 Å². The van der Waals surface area contributed by atoms with Gasteiger partial charge in [-0.1, -0.05) is 6.07 Å². The quantitative estimate of drug-likeness (QED) is 0.784. The zero-order valence-electron chi connectivity index (χ0n) is 11.5. The van der Waals surface area contributed by atoms with Gasteiger partial charge in [-0.25, -0.2) is 0 Å². The Morgan fingerprint density at radius 2 is 2.11 bits per heavy atom. The summed E-state index contributed by atoms with van der Waals surface area (Å²) in [5.74, 6) is -0.284. The van der Waals surface area contributed by atoms with Gasteiger partial charge in [0, 0.05) is 23.3 Å². The number of amides is 2. The van der Waals surface area contributed by atoms with Crippen molar-refractivity contribution in [3.05, 3.63) is 29.3 Å². The number of benzene rings is 1. The van der Waals surface area contributed by atoms with Gasteiger partial charge < -0.3 is 16.0 Å². The SMILES string of the molecule is CC(C)(C)NC(=O)CN1Cc2ccc(N)cc2C1=O. The van der Waals surface area contributed by atoms with Crippen molar-refractivity contribution in [2.75, 3.05) is 12.3 Å². The van der Waals surface area contributed by atoms with Crippen LogP contribution in [0.2, 0.25) is 0 Å². The molecule has 5 heteroatoms. The number of anilines is 1. The second-order valence-electron chi connectivity index (χ2n) is 5.88. The van der Waals surface area contributed by atoms with Crippen LogP contribution in [0.4, 0.5) is 5.69 Å². The molecule has 0 unspecified atom stereocenters. The molecule has 0 aromatic heterocycles. The van der Waals surface area contributed by atoms with E-state index >= 15 is 0 Å². The molecule has 1 aliphatic rings. The number of fused-ring (bicyclic) bond motifs is 1. The summed E-state index contributed by atoms with van der Waals surface area (Å²) >= 11 is 0. The molecule has 2 rings (SSSR count). The molecule has 0 saturated heterocycles. The van der Waals surface area contributed by atoms with Crippen molar-refractivity contribution in [2.24, 2.45) is 0 Å². The van der Waals surface area contributed by atoms with Crippen LogP contribution in [-0.4, -0.2) is 28.8 Å². The van der Waals surface area contributed by atoms with Crippen LogP contribution in [0.3, 0.4) is 0 Å². The number of hydrogen-bond donors (Lipinski definition) is 2. The molecule has 0 fully saturated rings. The van der Waals surface area contributed by atoms with Gasteiger partial charge in [-0.2, -0.15) is 0 Å². The van der Waals surface area contributed by atoms with E-state index in [9.17, 15) is 9.59 Å². The van der Waals surface area contributed by atoms with Crippen LogP contribution < -0.4 is 11.1 Å². The van der Waals surface area contributed by atoms with E-state index in [1.807, 2.05) is 26.8 Å². The average molecular weight is 261 g/mol. The number of nitrogen functional groups attached to an aromatic ring is 1. The molecule has 19 heavy (non-hydrogen) atoms. The molecule has 0 aliphatic carbocycles. The standard InChI is InChI=1S/C14H19N3O2/c1-14(2,3)16-12(18)8-17-7-9-4-5-10(15)6-11(9)13(17)19/h4-6H,7-8,15H2,1-3H3,(H,16,18). The predicted octanol–water partition coefficient (Wildman–Crippen LogP) is 1.14. The van der Waals surface area contributed by atoms with Gasteiger partial charge in [0.05, 0.1) is 0 Å². The van der Waals surface area contributed by atoms with Gasteiger partial charge >= 0.3 is 0 Å². The van der Waals surface area contributed by atoms with Crippen LogP contribution in [0.25, 0.3) is 0 Å². The third kappa shape index (κ3) is 3.05. The lowest BCUT2D eigenvalue weighted by Crippen LogP contribution is -2.46. The molecule has 5 nitrogen and oxygen atoms in total. The summed E-state index contributed by atoms with van der Waals surface area (Å²) in [4.78, 5) is 25.5. The van der Waals surface area contributed by atoms with Crippen molar-refractivity contribution in [1.82, 2.24) is 10.2 Å². The lowest BCUT2D eigenvalue weighted by Gasteiger charge is -2.23. The van der Waals surface area contributed by atoms with Crippen molar-refractivity contribution < 1.29 is 9.59 Å². The highest BCUT2D eigenvalue weighted by atomic mass is 16.2. The van der Waals surface area contributed by atoms with Crippen LogP contribution in [-0.2, 0) is 11.3 Å². The molecule has 1 aliphatic heterocycles. The van der Waals surface area contributed by atoms with Gasteiger partial charge in [0.1, 0.15) is 6.54 Å². The summed E-state index contributed by atoms with van der Waals surface area (Å²) in [6, 6.07) is 5.27. The molecule has 3 N–H and O–H groups in total. The van der Waals surface area contributed by atoms with E-state index in [4.69, 9.17) is 5.73 Å². The summed E-state index contributed by atoms with van der Waals surface area (Å²) in [5, 5.41) is 2.85.